The Labute approximate surface area is 139 Å². The fourth-order valence-corrected chi connectivity index (χ4v) is 2.09. The molecule has 0 spiro atoms. The number of rotatable bonds is 6. The summed E-state index contributed by atoms with van der Waals surface area (Å²) in [4.78, 5) is 0. The van der Waals surface area contributed by atoms with Crippen molar-refractivity contribution in [2.24, 2.45) is 0 Å². The van der Waals surface area contributed by atoms with Crippen molar-refractivity contribution < 1.29 is 0 Å². The van der Waals surface area contributed by atoms with Crippen LogP contribution in [-0.2, 0) is 6.42 Å². The summed E-state index contributed by atoms with van der Waals surface area (Å²) in [6.45, 7) is 11.3. The Balaban J connectivity index is 0.000000224. The summed E-state index contributed by atoms with van der Waals surface area (Å²) in [5.74, 6) is 0. The molecule has 22 heavy (non-hydrogen) atoms. The van der Waals surface area contributed by atoms with Crippen LogP contribution in [0.5, 0.6) is 0 Å². The van der Waals surface area contributed by atoms with E-state index in [1.54, 1.807) is 6.08 Å². The second-order valence-electron chi connectivity index (χ2n) is 4.93. The minimum absolute atomic E-state index is 0.764. The van der Waals surface area contributed by atoms with Crippen LogP contribution in [0.15, 0.2) is 67.8 Å². The summed E-state index contributed by atoms with van der Waals surface area (Å²) in [7, 11) is 0. The Morgan fingerprint density at radius 3 is 2.41 bits per heavy atom. The predicted octanol–water partition coefficient (Wildman–Crippen LogP) is 5.30. The van der Waals surface area contributed by atoms with E-state index in [2.05, 4.69) is 42.7 Å². The summed E-state index contributed by atoms with van der Waals surface area (Å²) in [5.41, 5.74) is 3.70. The Kier molecular flexibility index (Phi) is 8.97. The average Bonchev–Trinajstić information content (AvgIpc) is 2.55. The maximum absolute atomic E-state index is 5.75. The van der Waals surface area contributed by atoms with Crippen molar-refractivity contribution in [1.82, 2.24) is 5.32 Å². The molecule has 116 valence electrons. The second-order valence-corrected chi connectivity index (χ2v) is 5.37. The number of benzene rings is 2. The molecule has 0 saturated carbocycles. The highest BCUT2D eigenvalue weighted by atomic mass is 35.5. The van der Waals surface area contributed by atoms with Gasteiger partial charge in [-0.15, -0.1) is 6.58 Å². The van der Waals surface area contributed by atoms with E-state index in [9.17, 15) is 0 Å². The lowest BCUT2D eigenvalue weighted by Gasteiger charge is -2.00. The van der Waals surface area contributed by atoms with Crippen molar-refractivity contribution in [3.8, 4) is 0 Å². The van der Waals surface area contributed by atoms with Gasteiger partial charge in [0, 0.05) is 11.6 Å². The first kappa shape index (κ1) is 18.2. The molecule has 0 saturated heterocycles. The third-order valence-electron chi connectivity index (χ3n) is 3.18. The molecule has 0 amide bonds. The molecule has 0 fully saturated rings. The van der Waals surface area contributed by atoms with Crippen LogP contribution in [-0.4, -0.2) is 13.1 Å². The number of hydrogen-bond acceptors (Lipinski definition) is 1. The van der Waals surface area contributed by atoms with Crippen molar-refractivity contribution in [2.45, 2.75) is 13.3 Å². The van der Waals surface area contributed by atoms with Gasteiger partial charge in [-0.1, -0.05) is 66.7 Å². The zero-order chi connectivity index (χ0) is 16.2. The summed E-state index contributed by atoms with van der Waals surface area (Å²) < 4.78 is 0. The Bertz CT molecular complexity index is 576. The maximum Gasteiger partial charge on any atom is 0.0412 e. The van der Waals surface area contributed by atoms with Crippen molar-refractivity contribution in [3.63, 3.8) is 0 Å². The average molecular weight is 314 g/mol. The van der Waals surface area contributed by atoms with E-state index >= 15 is 0 Å². The molecule has 1 N–H and O–H groups in total. The van der Waals surface area contributed by atoms with Gasteiger partial charge in [0.25, 0.3) is 0 Å². The highest BCUT2D eigenvalue weighted by Gasteiger charge is 1.92. The topological polar surface area (TPSA) is 12.0 Å². The zero-order valence-electron chi connectivity index (χ0n) is 13.2. The quantitative estimate of drug-likeness (QED) is 0.564. The lowest BCUT2D eigenvalue weighted by molar-refractivity contribution is 0.745. The molecule has 1 nitrogen and oxygen atoms in total. The Hall–Kier alpha value is -1.83. The van der Waals surface area contributed by atoms with Gasteiger partial charge >= 0.3 is 0 Å². The highest BCUT2D eigenvalue weighted by molar-refractivity contribution is 6.30. The molecule has 2 aromatic rings. The van der Waals surface area contributed by atoms with Crippen molar-refractivity contribution >= 4 is 17.7 Å². The molecular weight excluding hydrogens is 290 g/mol. The number of nitrogens with one attached hydrogen (secondary N) is 1. The Morgan fingerprint density at radius 1 is 1.09 bits per heavy atom. The maximum atomic E-state index is 5.75. The van der Waals surface area contributed by atoms with Crippen LogP contribution in [0.25, 0.3) is 6.08 Å². The van der Waals surface area contributed by atoms with Crippen LogP contribution in [0.4, 0.5) is 0 Å². The van der Waals surface area contributed by atoms with E-state index in [0.29, 0.717) is 0 Å². The molecule has 0 heterocycles. The smallest absolute Gasteiger partial charge is 0.0412 e. The molecule has 2 heteroatoms. The lowest BCUT2D eigenvalue weighted by atomic mass is 10.1. The lowest BCUT2D eigenvalue weighted by Crippen LogP contribution is -2.16. The van der Waals surface area contributed by atoms with E-state index < -0.39 is 0 Å². The molecule has 2 aromatic carbocycles. The SMILES string of the molecule is C=CCNCCc1ccccc1.C=Cc1cc(Cl)ccc1C. The van der Waals surface area contributed by atoms with Crippen molar-refractivity contribution in [2.75, 3.05) is 13.1 Å². The standard InChI is InChI=1S/C11H15N.C9H9Cl/c1-2-9-12-10-8-11-6-4-3-5-7-11;1-3-8-6-9(10)5-4-7(8)2/h2-7,12H,1,8-10H2;3-6H,1H2,2H3. The number of halogens is 1. The minimum atomic E-state index is 0.764. The summed E-state index contributed by atoms with van der Waals surface area (Å²) >= 11 is 5.75. The fourth-order valence-electron chi connectivity index (χ4n) is 1.91. The van der Waals surface area contributed by atoms with Gasteiger partial charge < -0.3 is 5.32 Å². The van der Waals surface area contributed by atoms with Gasteiger partial charge in [0.2, 0.25) is 0 Å². The number of aryl methyl sites for hydroxylation is 1. The number of hydrogen-bond donors (Lipinski definition) is 1. The third-order valence-corrected chi connectivity index (χ3v) is 3.42. The van der Waals surface area contributed by atoms with Crippen LogP contribution in [0.2, 0.25) is 5.02 Å². The zero-order valence-corrected chi connectivity index (χ0v) is 13.9. The van der Waals surface area contributed by atoms with E-state index in [4.69, 9.17) is 11.6 Å². The first-order valence-electron chi connectivity index (χ1n) is 7.41. The molecule has 0 atom stereocenters. The summed E-state index contributed by atoms with van der Waals surface area (Å²) in [6.07, 6.45) is 4.78. The molecule has 0 aliphatic heterocycles. The van der Waals surface area contributed by atoms with Gasteiger partial charge in [-0.2, -0.15) is 0 Å². The molecule has 0 aromatic heterocycles. The van der Waals surface area contributed by atoms with E-state index in [1.807, 2.05) is 37.3 Å². The molecule has 0 radical (unpaired) electrons. The van der Waals surface area contributed by atoms with Gasteiger partial charge in [-0.25, -0.2) is 0 Å². The molecule has 0 aliphatic carbocycles. The first-order chi connectivity index (χ1) is 10.7. The fraction of sp³-hybridized carbons (Fsp3) is 0.200. The molecule has 2 rings (SSSR count). The minimum Gasteiger partial charge on any atom is -0.313 e. The van der Waals surface area contributed by atoms with Gasteiger partial charge in [0.05, 0.1) is 0 Å². The molecule has 0 aliphatic rings. The van der Waals surface area contributed by atoms with Gasteiger partial charge in [0.15, 0.2) is 0 Å². The van der Waals surface area contributed by atoms with Crippen LogP contribution in [0.3, 0.4) is 0 Å². The molecule has 0 unspecified atom stereocenters. The second kappa shape index (κ2) is 10.8. The van der Waals surface area contributed by atoms with Crippen LogP contribution < -0.4 is 5.32 Å². The predicted molar refractivity (Wildman–Crippen MR) is 99.5 cm³/mol. The first-order valence-corrected chi connectivity index (χ1v) is 7.79. The molecular formula is C20H24ClN. The monoisotopic (exact) mass is 313 g/mol. The van der Waals surface area contributed by atoms with E-state index in [0.717, 1.165) is 30.1 Å². The largest absolute Gasteiger partial charge is 0.313 e. The van der Waals surface area contributed by atoms with Crippen LogP contribution in [0.1, 0.15) is 16.7 Å². The normalized spacial score (nSPS) is 9.55. The third kappa shape index (κ3) is 7.26. The van der Waals surface area contributed by atoms with Gasteiger partial charge in [-0.3, -0.25) is 0 Å². The van der Waals surface area contributed by atoms with E-state index in [1.165, 1.54) is 11.1 Å². The van der Waals surface area contributed by atoms with Gasteiger partial charge in [0.1, 0.15) is 0 Å². The summed E-state index contributed by atoms with van der Waals surface area (Å²) in [5, 5.41) is 4.03. The van der Waals surface area contributed by atoms with Crippen molar-refractivity contribution in [3.05, 3.63) is 89.5 Å². The molecule has 0 bridgehead atoms. The van der Waals surface area contributed by atoms with Crippen LogP contribution in [0, 0.1) is 6.92 Å². The van der Waals surface area contributed by atoms with Crippen LogP contribution >= 0.6 is 11.6 Å². The van der Waals surface area contributed by atoms with Crippen molar-refractivity contribution in [1.29, 1.82) is 0 Å². The highest BCUT2D eigenvalue weighted by Crippen LogP contribution is 2.15. The Morgan fingerprint density at radius 2 is 1.82 bits per heavy atom. The van der Waals surface area contributed by atoms with Gasteiger partial charge in [-0.05, 0) is 48.7 Å². The summed E-state index contributed by atoms with van der Waals surface area (Å²) in [6, 6.07) is 16.3. The van der Waals surface area contributed by atoms with E-state index in [-0.39, 0.29) is 0 Å².